The fourth-order valence-electron chi connectivity index (χ4n) is 2.51. The molecule has 6 nitrogen and oxygen atoms in total. The van der Waals surface area contributed by atoms with E-state index in [4.69, 9.17) is 9.47 Å². The van der Waals surface area contributed by atoms with Crippen LogP contribution >= 0.6 is 0 Å². The summed E-state index contributed by atoms with van der Waals surface area (Å²) >= 11 is 0. The van der Waals surface area contributed by atoms with Crippen molar-refractivity contribution in [3.05, 3.63) is 29.7 Å². The normalized spacial score (nSPS) is 14.3. The predicted octanol–water partition coefficient (Wildman–Crippen LogP) is 2.57. The van der Waals surface area contributed by atoms with Crippen LogP contribution < -0.4 is 4.90 Å². The van der Waals surface area contributed by atoms with Crippen molar-refractivity contribution in [1.82, 2.24) is 9.38 Å². The maximum atomic E-state index is 10.9. The molecule has 0 unspecified atom stereocenters. The number of morpholine rings is 1. The number of ether oxygens (including phenoxy) is 2. The molecule has 1 fully saturated rings. The zero-order valence-electron chi connectivity index (χ0n) is 14.3. The molecule has 0 bridgehead atoms. The smallest absolute Gasteiger partial charge is 0.303 e. The number of hydrogen-bond acceptors (Lipinski definition) is 5. The standard InChI is InChI=1S/C15H19N3O3.C2H6/c1-11-14(10-21-12(2)19)16-15-4-3-13(9-18(11)15)17-5-7-20-8-6-17;1-2/h3-4,9H,5-8,10H2,1-2H3;1-2H3. The molecule has 1 saturated heterocycles. The van der Waals surface area contributed by atoms with Crippen molar-refractivity contribution in [2.75, 3.05) is 31.2 Å². The number of aromatic nitrogens is 2. The van der Waals surface area contributed by atoms with Crippen LogP contribution in [-0.4, -0.2) is 41.7 Å². The Morgan fingerprint density at radius 1 is 1.30 bits per heavy atom. The summed E-state index contributed by atoms with van der Waals surface area (Å²) in [7, 11) is 0. The fraction of sp³-hybridized carbons (Fsp3) is 0.529. The van der Waals surface area contributed by atoms with Crippen LogP contribution in [0.5, 0.6) is 0 Å². The van der Waals surface area contributed by atoms with Crippen molar-refractivity contribution in [3.8, 4) is 0 Å². The van der Waals surface area contributed by atoms with Crippen LogP contribution in [0.1, 0.15) is 32.2 Å². The Bertz CT molecular complexity index is 660. The first-order valence-electron chi connectivity index (χ1n) is 8.09. The molecule has 2 aromatic rings. The number of esters is 1. The van der Waals surface area contributed by atoms with Gasteiger partial charge in [-0.2, -0.15) is 0 Å². The molecule has 0 atom stereocenters. The molecule has 0 radical (unpaired) electrons. The molecule has 0 aromatic carbocycles. The first kappa shape index (κ1) is 17.3. The molecule has 6 heteroatoms. The molecule has 2 aromatic heterocycles. The molecule has 3 heterocycles. The maximum Gasteiger partial charge on any atom is 0.303 e. The number of carbonyl (C=O) groups excluding carboxylic acids is 1. The Hall–Kier alpha value is -2.08. The Morgan fingerprint density at radius 3 is 2.65 bits per heavy atom. The predicted molar refractivity (Wildman–Crippen MR) is 89.8 cm³/mol. The van der Waals surface area contributed by atoms with E-state index in [0.29, 0.717) is 0 Å². The summed E-state index contributed by atoms with van der Waals surface area (Å²) in [6.07, 6.45) is 2.08. The lowest BCUT2D eigenvalue weighted by Gasteiger charge is -2.28. The van der Waals surface area contributed by atoms with Crippen molar-refractivity contribution < 1.29 is 14.3 Å². The minimum Gasteiger partial charge on any atom is -0.459 e. The minimum absolute atomic E-state index is 0.218. The van der Waals surface area contributed by atoms with Gasteiger partial charge in [-0.15, -0.1) is 0 Å². The third-order valence-electron chi connectivity index (χ3n) is 3.73. The number of carbonyl (C=O) groups is 1. The van der Waals surface area contributed by atoms with Gasteiger partial charge in [-0.25, -0.2) is 4.98 Å². The second-order valence-electron chi connectivity index (χ2n) is 5.14. The molecule has 0 aliphatic carbocycles. The minimum atomic E-state index is -0.291. The lowest BCUT2D eigenvalue weighted by molar-refractivity contribution is -0.142. The van der Waals surface area contributed by atoms with Crippen LogP contribution in [0.4, 0.5) is 5.69 Å². The van der Waals surface area contributed by atoms with E-state index >= 15 is 0 Å². The quantitative estimate of drug-likeness (QED) is 0.814. The van der Waals surface area contributed by atoms with Crippen molar-refractivity contribution in [1.29, 1.82) is 0 Å². The summed E-state index contributed by atoms with van der Waals surface area (Å²) in [6.45, 7) is 10.9. The number of hydrogen-bond donors (Lipinski definition) is 0. The van der Waals surface area contributed by atoms with Crippen LogP contribution in [-0.2, 0) is 20.9 Å². The monoisotopic (exact) mass is 319 g/mol. The van der Waals surface area contributed by atoms with E-state index in [1.807, 2.05) is 31.2 Å². The van der Waals surface area contributed by atoms with Crippen LogP contribution in [0.15, 0.2) is 18.3 Å². The summed E-state index contributed by atoms with van der Waals surface area (Å²) in [5, 5.41) is 0. The molecule has 3 rings (SSSR count). The molecular formula is C17H25N3O3. The number of pyridine rings is 1. The average Bonchev–Trinajstić information content (AvgIpc) is 2.91. The summed E-state index contributed by atoms with van der Waals surface area (Å²) < 4.78 is 12.5. The second-order valence-corrected chi connectivity index (χ2v) is 5.14. The highest BCUT2D eigenvalue weighted by Crippen LogP contribution is 2.20. The molecule has 126 valence electrons. The molecule has 0 N–H and O–H groups in total. The van der Waals surface area contributed by atoms with Gasteiger partial charge in [0.15, 0.2) is 0 Å². The Balaban J connectivity index is 0.000000924. The number of anilines is 1. The van der Waals surface area contributed by atoms with Crippen LogP contribution in [0.25, 0.3) is 5.65 Å². The molecule has 1 aliphatic rings. The maximum absolute atomic E-state index is 10.9. The topological polar surface area (TPSA) is 56.1 Å². The third kappa shape index (κ3) is 4.01. The Labute approximate surface area is 137 Å². The van der Waals surface area contributed by atoms with E-state index in [1.165, 1.54) is 6.92 Å². The van der Waals surface area contributed by atoms with Crippen molar-refractivity contribution in [3.63, 3.8) is 0 Å². The highest BCUT2D eigenvalue weighted by Gasteiger charge is 2.14. The molecule has 0 saturated carbocycles. The van der Waals surface area contributed by atoms with Gasteiger partial charge >= 0.3 is 5.97 Å². The number of rotatable bonds is 3. The summed E-state index contributed by atoms with van der Waals surface area (Å²) in [5.41, 5.74) is 3.82. The van der Waals surface area contributed by atoms with Crippen LogP contribution in [0.3, 0.4) is 0 Å². The second kappa shape index (κ2) is 7.97. The fourth-order valence-corrected chi connectivity index (χ4v) is 2.51. The number of aryl methyl sites for hydroxylation is 1. The highest BCUT2D eigenvalue weighted by atomic mass is 16.5. The molecule has 0 spiro atoms. The Kier molecular flexibility index (Phi) is 5.98. The van der Waals surface area contributed by atoms with Crippen molar-refractivity contribution >= 4 is 17.3 Å². The van der Waals surface area contributed by atoms with Gasteiger partial charge in [-0.3, -0.25) is 4.79 Å². The first-order chi connectivity index (χ1) is 11.1. The number of imidazole rings is 1. The van der Waals surface area contributed by atoms with E-state index in [-0.39, 0.29) is 12.6 Å². The zero-order valence-corrected chi connectivity index (χ0v) is 14.3. The van der Waals surface area contributed by atoms with Gasteiger partial charge < -0.3 is 18.8 Å². The largest absolute Gasteiger partial charge is 0.459 e. The van der Waals surface area contributed by atoms with Gasteiger partial charge in [-0.1, -0.05) is 13.8 Å². The average molecular weight is 319 g/mol. The lowest BCUT2D eigenvalue weighted by Crippen LogP contribution is -2.36. The zero-order chi connectivity index (χ0) is 16.8. The summed E-state index contributed by atoms with van der Waals surface area (Å²) in [4.78, 5) is 17.7. The van der Waals surface area contributed by atoms with Gasteiger partial charge in [0.1, 0.15) is 12.3 Å². The van der Waals surface area contributed by atoms with E-state index in [9.17, 15) is 4.79 Å². The van der Waals surface area contributed by atoms with E-state index in [2.05, 4.69) is 22.1 Å². The van der Waals surface area contributed by atoms with Gasteiger partial charge in [0.25, 0.3) is 0 Å². The van der Waals surface area contributed by atoms with E-state index in [1.54, 1.807) is 0 Å². The van der Waals surface area contributed by atoms with Crippen molar-refractivity contribution in [2.45, 2.75) is 34.3 Å². The van der Waals surface area contributed by atoms with E-state index < -0.39 is 0 Å². The van der Waals surface area contributed by atoms with Crippen LogP contribution in [0.2, 0.25) is 0 Å². The van der Waals surface area contributed by atoms with Gasteiger partial charge in [0.2, 0.25) is 0 Å². The molecular weight excluding hydrogens is 294 g/mol. The van der Waals surface area contributed by atoms with E-state index in [0.717, 1.165) is 49.0 Å². The van der Waals surface area contributed by atoms with Gasteiger partial charge in [0.05, 0.1) is 24.6 Å². The number of fused-ring (bicyclic) bond motifs is 1. The van der Waals surface area contributed by atoms with Gasteiger partial charge in [-0.05, 0) is 19.1 Å². The molecule has 23 heavy (non-hydrogen) atoms. The number of nitrogens with zero attached hydrogens (tertiary/aromatic N) is 3. The molecule has 1 aliphatic heterocycles. The SMILES string of the molecule is CC.CC(=O)OCc1nc2ccc(N3CCOCC3)cn2c1C. The first-order valence-corrected chi connectivity index (χ1v) is 8.09. The molecule has 0 amide bonds. The third-order valence-corrected chi connectivity index (χ3v) is 3.73. The highest BCUT2D eigenvalue weighted by molar-refractivity contribution is 5.66. The van der Waals surface area contributed by atoms with Crippen molar-refractivity contribution in [2.24, 2.45) is 0 Å². The van der Waals surface area contributed by atoms with Crippen LogP contribution in [0, 0.1) is 6.92 Å². The Morgan fingerprint density at radius 2 is 2.00 bits per heavy atom. The summed E-state index contributed by atoms with van der Waals surface area (Å²) in [5.74, 6) is -0.291. The van der Waals surface area contributed by atoms with Gasteiger partial charge in [0, 0.05) is 31.9 Å². The lowest BCUT2D eigenvalue weighted by atomic mass is 10.3. The summed E-state index contributed by atoms with van der Waals surface area (Å²) in [6, 6.07) is 4.07.